The van der Waals surface area contributed by atoms with E-state index in [2.05, 4.69) is 4.74 Å². The molecule has 0 N–H and O–H groups in total. The molecule has 0 aromatic carbocycles. The molecule has 0 aromatic rings. The van der Waals surface area contributed by atoms with E-state index in [0.717, 1.165) is 0 Å². The Kier molecular flexibility index (Phi) is 8.39. The Balaban J connectivity index is 6.62. The Hall–Kier alpha value is -1.98. The number of rotatable bonds is 10. The predicted molar refractivity (Wildman–Crippen MR) is 75.7 cm³/mol. The molecule has 0 bridgehead atoms. The van der Waals surface area contributed by atoms with Crippen molar-refractivity contribution in [1.29, 1.82) is 0 Å². The average Bonchev–Trinajstić information content (AvgIpc) is 2.63. The zero-order valence-electron chi connectivity index (χ0n) is 16.2. The summed E-state index contributed by atoms with van der Waals surface area (Å²) in [5.74, 6) is -56.2. The fourth-order valence-electron chi connectivity index (χ4n) is 2.07. The number of carbonyl (C=O) groups is 1. The van der Waals surface area contributed by atoms with Gasteiger partial charge in [-0.25, -0.2) is 4.79 Å². The fraction of sp³-hybridized carbons (Fsp3) is 0.800. The topological polar surface area (TPSA) is 26.3 Å². The molecule has 202 valence electrons. The summed E-state index contributed by atoms with van der Waals surface area (Å²) in [6, 6.07) is 0. The Bertz CT molecular complexity index is 778. The lowest BCUT2D eigenvalue weighted by atomic mass is 9.88. The highest BCUT2D eigenvalue weighted by Gasteiger charge is 2.92. The summed E-state index contributed by atoms with van der Waals surface area (Å²) >= 11 is 0. The second-order valence-corrected chi connectivity index (χ2v) is 6.63. The summed E-state index contributed by atoms with van der Waals surface area (Å²) < 4.78 is 229. The molecule has 0 aliphatic rings. The van der Waals surface area contributed by atoms with Crippen LogP contribution in [0, 0.1) is 0 Å². The van der Waals surface area contributed by atoms with Crippen LogP contribution < -0.4 is 0 Å². The molecule has 0 amide bonds. The number of ether oxygens (including phenoxy) is 1. The molecule has 0 aromatic heterocycles. The molecule has 0 atom stereocenters. The second-order valence-electron chi connectivity index (χ2n) is 6.63. The van der Waals surface area contributed by atoms with Gasteiger partial charge in [-0.1, -0.05) is 0 Å². The molecule has 0 aliphatic carbocycles. The molecule has 34 heavy (non-hydrogen) atoms. The Morgan fingerprint density at radius 3 is 1.32 bits per heavy atom. The van der Waals surface area contributed by atoms with Gasteiger partial charge in [-0.2, -0.15) is 74.6 Å². The Morgan fingerprint density at radius 2 is 0.971 bits per heavy atom. The van der Waals surface area contributed by atoms with Crippen LogP contribution >= 0.6 is 0 Å². The minimum atomic E-state index is -8.43. The smallest absolute Gasteiger partial charge is 0.389 e. The van der Waals surface area contributed by atoms with Gasteiger partial charge >= 0.3 is 53.6 Å². The van der Waals surface area contributed by atoms with Crippen LogP contribution in [0.4, 0.5) is 74.6 Å². The maximum Gasteiger partial charge on any atom is 0.389 e. The van der Waals surface area contributed by atoms with Crippen molar-refractivity contribution in [3.63, 3.8) is 0 Å². The summed E-state index contributed by atoms with van der Waals surface area (Å²) in [6.45, 7) is 0.163. The van der Waals surface area contributed by atoms with E-state index in [1.54, 1.807) is 0 Å². The van der Waals surface area contributed by atoms with E-state index in [1.165, 1.54) is 0 Å². The third-order valence-corrected chi connectivity index (χ3v) is 4.08. The first kappa shape index (κ1) is 32.0. The van der Waals surface area contributed by atoms with Crippen molar-refractivity contribution in [2.24, 2.45) is 0 Å². The van der Waals surface area contributed by atoms with E-state index in [9.17, 15) is 79.4 Å². The van der Waals surface area contributed by atoms with Crippen molar-refractivity contribution in [2.75, 3.05) is 7.11 Å². The quantitative estimate of drug-likeness (QED) is 0.170. The highest BCUT2D eigenvalue weighted by molar-refractivity contribution is 5.87. The van der Waals surface area contributed by atoms with Gasteiger partial charge in [-0.3, -0.25) is 0 Å². The lowest BCUT2D eigenvalue weighted by molar-refractivity contribution is -0.438. The van der Waals surface area contributed by atoms with Crippen LogP contribution in [0.2, 0.25) is 0 Å². The Morgan fingerprint density at radius 1 is 0.618 bits per heavy atom. The molecular weight excluding hydrogens is 535 g/mol. The molecule has 2 nitrogen and oxygen atoms in total. The van der Waals surface area contributed by atoms with E-state index in [0.29, 0.717) is 7.11 Å². The number of alkyl halides is 17. The third-order valence-electron chi connectivity index (χ3n) is 4.08. The van der Waals surface area contributed by atoms with Gasteiger partial charge in [0, 0.05) is 24.5 Å². The SMILES string of the molecule is COC(=O)C(C)=CC(F)(F)C(F)(F)C(F)(F)C(F)(F)C(F)(F)C(F)(F)C(F)(F)CCC(F)(F)F. The average molecular weight is 546 g/mol. The lowest BCUT2D eigenvalue weighted by Gasteiger charge is -2.42. The van der Waals surface area contributed by atoms with Crippen LogP contribution in [0.1, 0.15) is 19.8 Å². The van der Waals surface area contributed by atoms with Crippen molar-refractivity contribution in [3.8, 4) is 0 Å². The van der Waals surface area contributed by atoms with Gasteiger partial charge in [0.15, 0.2) is 0 Å². The monoisotopic (exact) mass is 546 g/mol. The van der Waals surface area contributed by atoms with Crippen LogP contribution in [-0.2, 0) is 9.53 Å². The standard InChI is InChI=1S/C15H11F17O2/c1-6(7(33)34-2)5-9(18,19)12(25,26)14(29,30)15(31,32)13(27,28)11(23,24)8(16,17)3-4-10(20,21)22/h5H,3-4H2,1-2H3. The molecule has 0 fully saturated rings. The molecule has 0 unspecified atom stereocenters. The first-order valence-corrected chi connectivity index (χ1v) is 8.06. The summed E-state index contributed by atoms with van der Waals surface area (Å²) in [7, 11) is 0.431. The summed E-state index contributed by atoms with van der Waals surface area (Å²) in [5, 5.41) is 0. The van der Waals surface area contributed by atoms with Crippen LogP contribution in [0.3, 0.4) is 0 Å². The third kappa shape index (κ3) is 5.16. The number of allylic oxidation sites excluding steroid dienone is 1. The zero-order valence-corrected chi connectivity index (χ0v) is 16.2. The lowest BCUT2D eigenvalue weighted by Crippen LogP contribution is -2.72. The van der Waals surface area contributed by atoms with Gasteiger partial charge in [0.1, 0.15) is 0 Å². The zero-order chi connectivity index (χ0) is 28.0. The van der Waals surface area contributed by atoms with Gasteiger partial charge in [0.25, 0.3) is 0 Å². The first-order valence-electron chi connectivity index (χ1n) is 8.06. The van der Waals surface area contributed by atoms with E-state index in [4.69, 9.17) is 0 Å². The molecule has 0 spiro atoms. The predicted octanol–water partition coefficient (Wildman–Crippen LogP) is 6.90. The normalized spacial score (nSPS) is 16.0. The fourth-order valence-corrected chi connectivity index (χ4v) is 2.07. The highest BCUT2D eigenvalue weighted by atomic mass is 19.4. The van der Waals surface area contributed by atoms with Gasteiger partial charge < -0.3 is 4.74 Å². The molecule has 19 heteroatoms. The van der Waals surface area contributed by atoms with Gasteiger partial charge in [-0.15, -0.1) is 0 Å². The number of hydrogen-bond acceptors (Lipinski definition) is 2. The van der Waals surface area contributed by atoms with Gasteiger partial charge in [-0.05, 0) is 6.92 Å². The number of carbonyl (C=O) groups excluding carboxylic acids is 1. The molecule has 0 rings (SSSR count). The van der Waals surface area contributed by atoms with Crippen LogP contribution in [0.5, 0.6) is 0 Å². The number of halogens is 17. The number of hydrogen-bond donors (Lipinski definition) is 0. The van der Waals surface area contributed by atoms with Crippen molar-refractivity contribution in [2.45, 2.75) is 67.4 Å². The van der Waals surface area contributed by atoms with Crippen LogP contribution in [-0.4, -0.2) is 60.7 Å². The molecule has 0 aliphatic heterocycles. The number of methoxy groups -OCH3 is 1. The highest BCUT2D eigenvalue weighted by Crippen LogP contribution is 2.63. The maximum atomic E-state index is 13.6. The summed E-state index contributed by atoms with van der Waals surface area (Å²) in [6.07, 6.45) is -13.7. The van der Waals surface area contributed by atoms with Gasteiger partial charge in [0.2, 0.25) is 0 Å². The van der Waals surface area contributed by atoms with Crippen molar-refractivity contribution in [1.82, 2.24) is 0 Å². The van der Waals surface area contributed by atoms with E-state index in [-0.39, 0.29) is 6.92 Å². The Labute approximate surface area is 177 Å². The molecular formula is C15H11F17O2. The van der Waals surface area contributed by atoms with Gasteiger partial charge in [0.05, 0.1) is 7.11 Å². The molecule has 0 saturated heterocycles. The van der Waals surface area contributed by atoms with Crippen molar-refractivity contribution >= 4 is 5.97 Å². The minimum Gasteiger partial charge on any atom is -0.466 e. The molecule has 0 saturated carbocycles. The van der Waals surface area contributed by atoms with E-state index < -0.39 is 78.1 Å². The largest absolute Gasteiger partial charge is 0.466 e. The van der Waals surface area contributed by atoms with Crippen molar-refractivity contribution in [3.05, 3.63) is 11.6 Å². The molecule has 0 radical (unpaired) electrons. The summed E-state index contributed by atoms with van der Waals surface area (Å²) in [5.41, 5.74) is -1.69. The molecule has 0 heterocycles. The minimum absolute atomic E-state index is 0.163. The van der Waals surface area contributed by atoms with Crippen LogP contribution in [0.25, 0.3) is 0 Å². The summed E-state index contributed by atoms with van der Waals surface area (Å²) in [4.78, 5) is 10.9. The second kappa shape index (κ2) is 8.91. The first-order chi connectivity index (χ1) is 14.6. The maximum absolute atomic E-state index is 13.6. The van der Waals surface area contributed by atoms with E-state index in [1.807, 2.05) is 0 Å². The number of esters is 1. The van der Waals surface area contributed by atoms with Crippen molar-refractivity contribution < 1.29 is 84.2 Å². The van der Waals surface area contributed by atoms with E-state index >= 15 is 0 Å². The van der Waals surface area contributed by atoms with Crippen LogP contribution in [0.15, 0.2) is 11.6 Å².